The molecule has 0 aliphatic rings. The summed E-state index contributed by atoms with van der Waals surface area (Å²) in [6.07, 6.45) is 0. The normalized spacial score (nSPS) is 14.1. The Hall–Kier alpha value is 0.380. The molecule has 0 saturated carbocycles. The van der Waals surface area contributed by atoms with E-state index in [-0.39, 0.29) is 0 Å². The maximum absolute atomic E-state index is 10.6. The number of rotatable bonds is 0. The molecule has 0 rings (SSSR count). The van der Waals surface area contributed by atoms with Crippen LogP contribution in [0.25, 0.3) is 0 Å². The van der Waals surface area contributed by atoms with E-state index in [9.17, 15) is 18.9 Å². The van der Waals surface area contributed by atoms with Gasteiger partial charge < -0.3 is 0 Å². The van der Waals surface area contributed by atoms with Crippen LogP contribution in [0.5, 0.6) is 0 Å². The summed E-state index contributed by atoms with van der Waals surface area (Å²) in [5, 5.41) is 0. The van der Waals surface area contributed by atoms with Crippen LogP contribution in [0.4, 0.5) is 18.9 Å². The van der Waals surface area contributed by atoms with Gasteiger partial charge in [-0.05, 0) is 0 Å². The zero-order chi connectivity index (χ0) is 6.08. The molecule has 0 aliphatic carbocycles. The van der Waals surface area contributed by atoms with Crippen molar-refractivity contribution < 1.29 is 18.9 Å². The summed E-state index contributed by atoms with van der Waals surface area (Å²) in [5.41, 5.74) is 0. The second-order valence-corrected chi connectivity index (χ2v) is 2.97. The minimum atomic E-state index is -5.51. The van der Waals surface area contributed by atoms with Crippen molar-refractivity contribution in [3.8, 4) is 0 Å². The molecule has 0 saturated heterocycles. The van der Waals surface area contributed by atoms with E-state index in [1.807, 2.05) is 0 Å². The van der Waals surface area contributed by atoms with Crippen LogP contribution in [0, 0.1) is 0 Å². The summed E-state index contributed by atoms with van der Waals surface area (Å²) in [6, 6.07) is 0. The molecule has 0 heterocycles. The molecule has 0 aliphatic heterocycles. The monoisotopic (exact) mass is 234 g/mol. The van der Waals surface area contributed by atoms with E-state index in [1.165, 1.54) is 0 Å². The molecular weight excluding hydrogens is 234 g/mol. The Morgan fingerprint density at radius 2 is 1.14 bits per heavy atom. The van der Waals surface area contributed by atoms with E-state index in [0.717, 1.165) is 0 Å². The number of hydrogen-bond donors (Lipinski definition) is 0. The Morgan fingerprint density at radius 3 is 1.14 bits per heavy atom. The van der Waals surface area contributed by atoms with Gasteiger partial charge >= 0.3 is 44.0 Å². The van der Waals surface area contributed by atoms with Crippen LogP contribution >= 0.6 is 21.0 Å². The third-order valence-electron chi connectivity index (χ3n) is 0.162. The molecule has 0 aromatic carbocycles. The molecule has 0 aromatic rings. The Kier molecular flexibility index (Phi) is 2.21. The standard InChI is InChI=1S/CF5I/c2-1(3,4)7(5)6. The molecule has 0 fully saturated rings. The minimum absolute atomic E-state index is 5.18. The zero-order valence-electron chi connectivity index (χ0n) is 2.77. The number of halogens is 6. The van der Waals surface area contributed by atoms with Crippen LogP contribution in [-0.2, 0) is 0 Å². The topological polar surface area (TPSA) is 0 Å². The predicted molar refractivity (Wildman–Crippen MR) is 22.3 cm³/mol. The van der Waals surface area contributed by atoms with Crippen LogP contribution in [0.1, 0.15) is 0 Å². The molecule has 0 aromatic heterocycles. The Bertz CT molecular complexity index is 53.6. The Labute approximate surface area is 44.6 Å². The van der Waals surface area contributed by atoms with Crippen molar-refractivity contribution >= 4 is 21.0 Å². The second-order valence-electron chi connectivity index (χ2n) is 0.625. The SMILES string of the molecule is FI(F)C(F)(F)F. The van der Waals surface area contributed by atoms with E-state index < -0.39 is 25.1 Å². The van der Waals surface area contributed by atoms with Gasteiger partial charge in [0.2, 0.25) is 0 Å². The molecule has 0 unspecified atom stereocenters. The summed E-state index contributed by atoms with van der Waals surface area (Å²) in [6.45, 7) is 0. The molecule has 0 atom stereocenters. The molecule has 46 valence electrons. The summed E-state index contributed by atoms with van der Waals surface area (Å²) in [4.78, 5) is 0. The molecule has 0 amide bonds. The van der Waals surface area contributed by atoms with Gasteiger partial charge in [0.05, 0.1) is 0 Å². The molecule has 6 heteroatoms. The van der Waals surface area contributed by atoms with Gasteiger partial charge in [-0.2, -0.15) is 0 Å². The summed E-state index contributed by atoms with van der Waals surface area (Å²) in [7, 11) is 0. The molecule has 0 nitrogen and oxygen atoms in total. The van der Waals surface area contributed by atoms with Crippen molar-refractivity contribution in [3.05, 3.63) is 0 Å². The van der Waals surface area contributed by atoms with Crippen molar-refractivity contribution in [3.63, 3.8) is 0 Å². The summed E-state index contributed by atoms with van der Waals surface area (Å²) in [5.74, 6) is 0. The van der Waals surface area contributed by atoms with Gasteiger partial charge in [-0.15, -0.1) is 0 Å². The first-order chi connectivity index (χ1) is 2.94. The maximum atomic E-state index is 10.6. The van der Waals surface area contributed by atoms with Crippen LogP contribution in [0.15, 0.2) is 0 Å². The van der Waals surface area contributed by atoms with Crippen molar-refractivity contribution in [1.82, 2.24) is 0 Å². The van der Waals surface area contributed by atoms with Gasteiger partial charge in [-0.25, -0.2) is 0 Å². The molecular formula is CF5I. The fourth-order valence-electron chi connectivity index (χ4n) is 0. The van der Waals surface area contributed by atoms with Gasteiger partial charge in [0.25, 0.3) is 0 Å². The summed E-state index contributed by atoms with van der Waals surface area (Å²) < 4.78 is 47.5. The van der Waals surface area contributed by atoms with Gasteiger partial charge in [-0.3, -0.25) is 0 Å². The van der Waals surface area contributed by atoms with Crippen LogP contribution in [0.3, 0.4) is 0 Å². The van der Waals surface area contributed by atoms with Crippen LogP contribution in [-0.4, -0.2) is 4.18 Å². The quantitative estimate of drug-likeness (QED) is 0.343. The summed E-state index contributed by atoms with van der Waals surface area (Å²) >= 11 is -5.51. The third-order valence-corrected chi connectivity index (χ3v) is 1.09. The fraction of sp³-hybridized carbons (Fsp3) is 1.00. The first-order valence-corrected chi connectivity index (χ1v) is 3.75. The van der Waals surface area contributed by atoms with Crippen molar-refractivity contribution in [2.24, 2.45) is 0 Å². The van der Waals surface area contributed by atoms with Crippen molar-refractivity contribution in [2.45, 2.75) is 4.18 Å². The number of hydrogen-bond acceptors (Lipinski definition) is 0. The van der Waals surface area contributed by atoms with Gasteiger partial charge in [0.15, 0.2) is 0 Å². The van der Waals surface area contributed by atoms with Crippen LogP contribution in [0.2, 0.25) is 0 Å². The van der Waals surface area contributed by atoms with E-state index >= 15 is 0 Å². The molecule has 0 radical (unpaired) electrons. The van der Waals surface area contributed by atoms with Gasteiger partial charge in [0, 0.05) is 0 Å². The van der Waals surface area contributed by atoms with Gasteiger partial charge in [0.1, 0.15) is 0 Å². The van der Waals surface area contributed by atoms with Crippen molar-refractivity contribution in [1.29, 1.82) is 0 Å². The Balaban J connectivity index is 3.54. The van der Waals surface area contributed by atoms with Gasteiger partial charge in [-0.1, -0.05) is 0 Å². The number of alkyl halides is 4. The first-order valence-electron chi connectivity index (χ1n) is 1.04. The fourth-order valence-corrected chi connectivity index (χ4v) is 0. The average molecular weight is 234 g/mol. The molecule has 0 bridgehead atoms. The predicted octanol–water partition coefficient (Wildman–Crippen LogP) is 2.78. The van der Waals surface area contributed by atoms with E-state index in [1.54, 1.807) is 0 Å². The Morgan fingerprint density at radius 1 is 1.00 bits per heavy atom. The van der Waals surface area contributed by atoms with E-state index in [4.69, 9.17) is 0 Å². The molecule has 0 spiro atoms. The first kappa shape index (κ1) is 7.38. The second kappa shape index (κ2) is 2.10. The average Bonchev–Trinajstić information content (AvgIpc) is 1.31. The van der Waals surface area contributed by atoms with Crippen LogP contribution < -0.4 is 0 Å². The molecule has 0 N–H and O–H groups in total. The molecule has 7 heavy (non-hydrogen) atoms. The van der Waals surface area contributed by atoms with Crippen molar-refractivity contribution in [2.75, 3.05) is 0 Å². The van der Waals surface area contributed by atoms with E-state index in [0.29, 0.717) is 0 Å². The third kappa shape index (κ3) is 3.01. The zero-order valence-corrected chi connectivity index (χ0v) is 4.93. The van der Waals surface area contributed by atoms with E-state index in [2.05, 4.69) is 0 Å².